The summed E-state index contributed by atoms with van der Waals surface area (Å²) in [7, 11) is -2.06. The van der Waals surface area contributed by atoms with Crippen molar-refractivity contribution < 1.29 is 17.9 Å². The Bertz CT molecular complexity index is 1120. The Morgan fingerprint density at radius 2 is 1.88 bits per heavy atom. The quantitative estimate of drug-likeness (QED) is 0.719. The smallest absolute Gasteiger partial charge is 0.286 e. The van der Waals surface area contributed by atoms with E-state index in [9.17, 15) is 13.2 Å². The number of carbonyl (C=O) groups excluding carboxylic acids is 1. The summed E-state index contributed by atoms with van der Waals surface area (Å²) in [6, 6.07) is 14.6. The zero-order chi connectivity index (χ0) is 22.7. The number of amides is 1. The van der Waals surface area contributed by atoms with Crippen molar-refractivity contribution in [2.45, 2.75) is 24.7 Å². The molecule has 32 heavy (non-hydrogen) atoms. The summed E-state index contributed by atoms with van der Waals surface area (Å²) in [5, 5.41) is 3.10. The summed E-state index contributed by atoms with van der Waals surface area (Å²) in [4.78, 5) is 17.1. The van der Waals surface area contributed by atoms with Gasteiger partial charge in [0.2, 0.25) is 5.91 Å². The van der Waals surface area contributed by atoms with Crippen LogP contribution in [0.4, 0.5) is 11.4 Å². The van der Waals surface area contributed by atoms with E-state index in [1.807, 2.05) is 36.1 Å². The van der Waals surface area contributed by atoms with Gasteiger partial charge >= 0.3 is 0 Å². The first-order chi connectivity index (χ1) is 15.4. The number of hydrogen-bond acceptors (Lipinski definition) is 6. The van der Waals surface area contributed by atoms with Gasteiger partial charge in [0.15, 0.2) is 0 Å². The van der Waals surface area contributed by atoms with E-state index in [0.29, 0.717) is 37.5 Å². The SMILES string of the molecule is COc1cccc(N2CCN(C(=O)C[C@@H](C)CC3=NS(=O)(=O)c4ccccc4N3)CC2)c1. The van der Waals surface area contributed by atoms with Gasteiger partial charge in [-0.25, -0.2) is 0 Å². The highest BCUT2D eigenvalue weighted by atomic mass is 32.2. The van der Waals surface area contributed by atoms with Gasteiger partial charge in [-0.1, -0.05) is 25.1 Å². The first-order valence-corrected chi connectivity index (χ1v) is 12.2. The number of nitrogens with zero attached hydrogens (tertiary/aromatic N) is 3. The van der Waals surface area contributed by atoms with Crippen molar-refractivity contribution in [3.05, 3.63) is 48.5 Å². The number of sulfonamides is 1. The van der Waals surface area contributed by atoms with Crippen LogP contribution in [0.15, 0.2) is 57.8 Å². The van der Waals surface area contributed by atoms with E-state index in [2.05, 4.69) is 14.6 Å². The molecule has 0 aliphatic carbocycles. The molecule has 170 valence electrons. The number of benzene rings is 2. The molecule has 2 aromatic rings. The van der Waals surface area contributed by atoms with E-state index >= 15 is 0 Å². The average Bonchev–Trinajstić information content (AvgIpc) is 2.78. The molecular formula is C23H28N4O4S. The molecule has 0 aromatic heterocycles. The van der Waals surface area contributed by atoms with Crippen molar-refractivity contribution >= 4 is 33.1 Å². The number of nitrogens with one attached hydrogen (secondary N) is 1. The number of rotatable bonds is 6. The van der Waals surface area contributed by atoms with Crippen molar-refractivity contribution in [3.8, 4) is 5.75 Å². The highest BCUT2D eigenvalue weighted by Gasteiger charge is 2.27. The van der Waals surface area contributed by atoms with Crippen molar-refractivity contribution in [1.82, 2.24) is 4.90 Å². The van der Waals surface area contributed by atoms with Gasteiger partial charge in [0.1, 0.15) is 16.5 Å². The molecule has 8 nitrogen and oxygen atoms in total. The number of methoxy groups -OCH3 is 1. The maximum Gasteiger partial charge on any atom is 0.286 e. The predicted octanol–water partition coefficient (Wildman–Crippen LogP) is 2.97. The van der Waals surface area contributed by atoms with Crippen LogP contribution in [0.25, 0.3) is 0 Å². The Balaban J connectivity index is 1.31. The highest BCUT2D eigenvalue weighted by Crippen LogP contribution is 2.28. The summed E-state index contributed by atoms with van der Waals surface area (Å²) in [6.45, 7) is 4.78. The molecule has 2 aromatic carbocycles. The van der Waals surface area contributed by atoms with E-state index in [1.54, 1.807) is 25.3 Å². The lowest BCUT2D eigenvalue weighted by Gasteiger charge is -2.36. The molecule has 1 N–H and O–H groups in total. The third kappa shape index (κ3) is 4.88. The van der Waals surface area contributed by atoms with Crippen molar-refractivity contribution in [2.24, 2.45) is 10.3 Å². The van der Waals surface area contributed by atoms with E-state index < -0.39 is 10.0 Å². The normalized spacial score (nSPS) is 18.2. The first kappa shape index (κ1) is 22.1. The summed E-state index contributed by atoms with van der Waals surface area (Å²) in [5.41, 5.74) is 1.62. The number of hydrogen-bond donors (Lipinski definition) is 1. The fourth-order valence-electron chi connectivity index (χ4n) is 4.11. The molecule has 0 spiro atoms. The Hall–Kier alpha value is -3.07. The third-order valence-electron chi connectivity index (χ3n) is 5.79. The summed E-state index contributed by atoms with van der Waals surface area (Å²) in [6.07, 6.45) is 0.741. The monoisotopic (exact) mass is 456 g/mol. The van der Waals surface area contributed by atoms with Gasteiger partial charge in [0.05, 0.1) is 12.8 Å². The fourth-order valence-corrected chi connectivity index (χ4v) is 5.26. The Kier molecular flexibility index (Phi) is 6.36. The number of ether oxygens (including phenoxy) is 1. The lowest BCUT2D eigenvalue weighted by molar-refractivity contribution is -0.132. The van der Waals surface area contributed by atoms with Gasteiger partial charge in [-0.05, 0) is 30.2 Å². The van der Waals surface area contributed by atoms with E-state index in [0.717, 1.165) is 24.5 Å². The van der Waals surface area contributed by atoms with E-state index in [1.165, 1.54) is 6.07 Å². The molecule has 2 aliphatic rings. The summed E-state index contributed by atoms with van der Waals surface area (Å²) < 4.78 is 34.0. The Morgan fingerprint density at radius 3 is 2.62 bits per heavy atom. The zero-order valence-electron chi connectivity index (χ0n) is 18.3. The van der Waals surface area contributed by atoms with Gasteiger partial charge in [0.25, 0.3) is 10.0 Å². The van der Waals surface area contributed by atoms with Crippen molar-refractivity contribution in [3.63, 3.8) is 0 Å². The highest BCUT2D eigenvalue weighted by molar-refractivity contribution is 7.90. The van der Waals surface area contributed by atoms with Crippen LogP contribution in [0.2, 0.25) is 0 Å². The molecule has 1 fully saturated rings. The molecule has 2 heterocycles. The van der Waals surface area contributed by atoms with Crippen LogP contribution < -0.4 is 15.0 Å². The topological polar surface area (TPSA) is 91.3 Å². The van der Waals surface area contributed by atoms with Crippen LogP contribution in [-0.4, -0.2) is 58.3 Å². The minimum absolute atomic E-state index is 0.0365. The van der Waals surface area contributed by atoms with Crippen molar-refractivity contribution in [1.29, 1.82) is 0 Å². The van der Waals surface area contributed by atoms with E-state index in [4.69, 9.17) is 4.74 Å². The van der Waals surface area contributed by atoms with Crippen LogP contribution in [0, 0.1) is 5.92 Å². The lowest BCUT2D eigenvalue weighted by atomic mass is 10.0. The number of carbonyl (C=O) groups is 1. The number of fused-ring (bicyclic) bond motifs is 1. The number of amidine groups is 1. The largest absolute Gasteiger partial charge is 0.497 e. The molecule has 0 saturated carbocycles. The molecule has 2 aliphatic heterocycles. The molecular weight excluding hydrogens is 428 g/mol. The van der Waals surface area contributed by atoms with Crippen LogP contribution in [0.5, 0.6) is 5.75 Å². The van der Waals surface area contributed by atoms with Gasteiger partial charge < -0.3 is 19.9 Å². The molecule has 0 unspecified atom stereocenters. The minimum atomic E-state index is -3.71. The van der Waals surface area contributed by atoms with Crippen LogP contribution in [0.1, 0.15) is 19.8 Å². The fraction of sp³-hybridized carbons (Fsp3) is 0.391. The standard InChI is InChI=1S/C23H28N4O4S/c1-17(14-22-24-20-8-3-4-9-21(20)32(29,30)25-22)15-23(28)27-12-10-26(11-13-27)18-6-5-7-19(16-18)31-2/h3-9,16-17H,10-15H2,1-2H3,(H,24,25)/t17-/m0/s1. The molecule has 1 atom stereocenters. The maximum absolute atomic E-state index is 12.8. The number of anilines is 2. The van der Waals surface area contributed by atoms with E-state index in [-0.39, 0.29) is 16.7 Å². The maximum atomic E-state index is 12.8. The summed E-state index contributed by atoms with van der Waals surface area (Å²) in [5.74, 6) is 1.25. The molecule has 1 amide bonds. The van der Waals surface area contributed by atoms with Crippen LogP contribution in [-0.2, 0) is 14.8 Å². The van der Waals surface area contributed by atoms with Gasteiger partial charge in [-0.2, -0.15) is 8.42 Å². The number of para-hydroxylation sites is 1. The van der Waals surface area contributed by atoms with Crippen LogP contribution in [0.3, 0.4) is 0 Å². The van der Waals surface area contributed by atoms with Crippen LogP contribution >= 0.6 is 0 Å². The second-order valence-electron chi connectivity index (χ2n) is 8.22. The Morgan fingerprint density at radius 1 is 1.12 bits per heavy atom. The van der Waals surface area contributed by atoms with Gasteiger partial charge in [0, 0.05) is 50.8 Å². The first-order valence-electron chi connectivity index (χ1n) is 10.7. The molecule has 0 radical (unpaired) electrons. The summed E-state index contributed by atoms with van der Waals surface area (Å²) >= 11 is 0. The molecule has 9 heteroatoms. The number of piperazine rings is 1. The third-order valence-corrected chi connectivity index (χ3v) is 7.16. The second-order valence-corrected chi connectivity index (χ2v) is 9.79. The van der Waals surface area contributed by atoms with Crippen molar-refractivity contribution in [2.75, 3.05) is 43.5 Å². The lowest BCUT2D eigenvalue weighted by Crippen LogP contribution is -2.49. The zero-order valence-corrected chi connectivity index (χ0v) is 19.1. The molecule has 0 bridgehead atoms. The predicted molar refractivity (Wildman–Crippen MR) is 125 cm³/mol. The minimum Gasteiger partial charge on any atom is -0.497 e. The van der Waals surface area contributed by atoms with Gasteiger partial charge in [-0.15, -0.1) is 4.40 Å². The average molecular weight is 457 g/mol. The van der Waals surface area contributed by atoms with Gasteiger partial charge in [-0.3, -0.25) is 4.79 Å². The molecule has 4 rings (SSSR count). The molecule has 1 saturated heterocycles. The Labute approximate surface area is 188 Å². The second kappa shape index (κ2) is 9.20.